The molecule has 0 aliphatic heterocycles. The molecule has 0 radical (unpaired) electrons. The zero-order chi connectivity index (χ0) is 19.6. The topological polar surface area (TPSA) is 54.5 Å². The lowest BCUT2D eigenvalue weighted by Gasteiger charge is -2.30. The largest absolute Gasteiger partial charge is 0.333 e. The summed E-state index contributed by atoms with van der Waals surface area (Å²) in [6, 6.07) is 14.3. The van der Waals surface area contributed by atoms with Gasteiger partial charge in [0.1, 0.15) is 0 Å². The Bertz CT molecular complexity index is 903. The molecule has 144 valence electrons. The van der Waals surface area contributed by atoms with Gasteiger partial charge in [0.25, 0.3) is 0 Å². The minimum absolute atomic E-state index is 0.00929. The van der Waals surface area contributed by atoms with Crippen LogP contribution < -0.4 is 0 Å². The standard InChI is InChI=1S/C21H24ClNO3S/c1-15-3-11-20(12-4-15)27(25,26)14-13-21(24)23(19-9-10-19)16(2)17-5-7-18(22)8-6-17/h3-8,11-12,16,19H,9-10,13-14H2,1-2H3. The number of nitrogens with zero attached hydrogens (tertiary/aromatic N) is 1. The van der Waals surface area contributed by atoms with Gasteiger partial charge in [-0.3, -0.25) is 4.79 Å². The summed E-state index contributed by atoms with van der Waals surface area (Å²) in [5, 5.41) is 0.652. The average molecular weight is 406 g/mol. The van der Waals surface area contributed by atoms with E-state index in [0.29, 0.717) is 5.02 Å². The number of benzene rings is 2. The van der Waals surface area contributed by atoms with Gasteiger partial charge in [-0.2, -0.15) is 0 Å². The molecule has 4 nitrogen and oxygen atoms in total. The van der Waals surface area contributed by atoms with E-state index >= 15 is 0 Å². The predicted octanol–water partition coefficient (Wildman–Crippen LogP) is 4.56. The van der Waals surface area contributed by atoms with Crippen molar-refractivity contribution < 1.29 is 13.2 Å². The second kappa shape index (κ2) is 8.03. The molecule has 0 saturated heterocycles. The number of sulfone groups is 1. The maximum Gasteiger partial charge on any atom is 0.224 e. The second-order valence-electron chi connectivity index (χ2n) is 7.14. The average Bonchev–Trinajstić information content (AvgIpc) is 3.46. The third-order valence-electron chi connectivity index (χ3n) is 4.96. The number of rotatable bonds is 7. The Morgan fingerprint density at radius 2 is 1.70 bits per heavy atom. The molecule has 0 aromatic heterocycles. The summed E-state index contributed by atoms with van der Waals surface area (Å²) in [4.78, 5) is 15.0. The normalized spacial score (nSPS) is 15.4. The molecule has 2 aromatic carbocycles. The van der Waals surface area contributed by atoms with Gasteiger partial charge in [-0.25, -0.2) is 8.42 Å². The highest BCUT2D eigenvalue weighted by atomic mass is 35.5. The third kappa shape index (κ3) is 4.90. The van der Waals surface area contributed by atoms with Crippen molar-refractivity contribution >= 4 is 27.3 Å². The Hall–Kier alpha value is -1.85. The molecule has 6 heteroatoms. The SMILES string of the molecule is Cc1ccc(S(=O)(=O)CCC(=O)N(C2CC2)C(C)c2ccc(Cl)cc2)cc1. The van der Waals surface area contributed by atoms with Crippen LogP contribution in [0.4, 0.5) is 0 Å². The summed E-state index contributed by atoms with van der Waals surface area (Å²) < 4.78 is 25.1. The number of halogens is 1. The van der Waals surface area contributed by atoms with Crippen LogP contribution in [-0.2, 0) is 14.6 Å². The molecule has 1 aliphatic carbocycles. The number of carbonyl (C=O) groups is 1. The van der Waals surface area contributed by atoms with Crippen molar-refractivity contribution in [2.24, 2.45) is 0 Å². The summed E-state index contributed by atoms with van der Waals surface area (Å²) >= 11 is 5.95. The molecule has 1 saturated carbocycles. The Morgan fingerprint density at radius 1 is 1.11 bits per heavy atom. The highest BCUT2D eigenvalue weighted by molar-refractivity contribution is 7.91. The molecule has 0 heterocycles. The van der Waals surface area contributed by atoms with Crippen molar-refractivity contribution in [2.75, 3.05) is 5.75 Å². The van der Waals surface area contributed by atoms with Crippen molar-refractivity contribution in [3.8, 4) is 0 Å². The van der Waals surface area contributed by atoms with E-state index in [-0.39, 0.29) is 35.1 Å². The van der Waals surface area contributed by atoms with Crippen LogP contribution in [0, 0.1) is 6.92 Å². The van der Waals surface area contributed by atoms with Gasteiger partial charge >= 0.3 is 0 Å². The molecule has 0 spiro atoms. The molecule has 0 bridgehead atoms. The quantitative estimate of drug-likeness (QED) is 0.678. The van der Waals surface area contributed by atoms with Crippen molar-refractivity contribution in [3.05, 3.63) is 64.7 Å². The number of amides is 1. The fraction of sp³-hybridized carbons (Fsp3) is 0.381. The van der Waals surface area contributed by atoms with Gasteiger partial charge in [0, 0.05) is 17.5 Å². The van der Waals surface area contributed by atoms with E-state index < -0.39 is 9.84 Å². The second-order valence-corrected chi connectivity index (χ2v) is 9.69. The van der Waals surface area contributed by atoms with E-state index in [0.717, 1.165) is 24.0 Å². The number of hydrogen-bond acceptors (Lipinski definition) is 3. The molecule has 1 fully saturated rings. The van der Waals surface area contributed by atoms with Crippen molar-refractivity contribution in [2.45, 2.75) is 50.1 Å². The molecule has 1 unspecified atom stereocenters. The van der Waals surface area contributed by atoms with Crippen LogP contribution in [0.2, 0.25) is 5.02 Å². The van der Waals surface area contributed by atoms with Gasteiger partial charge in [-0.05, 0) is 56.5 Å². The predicted molar refractivity (Wildman–Crippen MR) is 108 cm³/mol. The number of carbonyl (C=O) groups excluding carboxylic acids is 1. The van der Waals surface area contributed by atoms with E-state index in [9.17, 15) is 13.2 Å². The molecule has 2 aromatic rings. The summed E-state index contributed by atoms with van der Waals surface area (Å²) in [5.41, 5.74) is 2.00. The van der Waals surface area contributed by atoms with Crippen LogP contribution in [0.1, 0.15) is 43.4 Å². The fourth-order valence-corrected chi connectivity index (χ4v) is 4.56. The maximum atomic E-state index is 12.9. The van der Waals surface area contributed by atoms with Crippen LogP contribution in [0.3, 0.4) is 0 Å². The smallest absolute Gasteiger partial charge is 0.224 e. The molecular weight excluding hydrogens is 382 g/mol. The minimum Gasteiger partial charge on any atom is -0.333 e. The minimum atomic E-state index is -3.47. The van der Waals surface area contributed by atoms with E-state index in [4.69, 9.17) is 11.6 Å². The first-order chi connectivity index (χ1) is 12.8. The van der Waals surface area contributed by atoms with E-state index in [2.05, 4.69) is 0 Å². The molecule has 3 rings (SSSR count). The Morgan fingerprint density at radius 3 is 2.26 bits per heavy atom. The van der Waals surface area contributed by atoms with Crippen molar-refractivity contribution in [3.63, 3.8) is 0 Å². The van der Waals surface area contributed by atoms with Crippen LogP contribution >= 0.6 is 11.6 Å². The van der Waals surface area contributed by atoms with Crippen LogP contribution in [-0.4, -0.2) is 31.0 Å². The zero-order valence-corrected chi connectivity index (χ0v) is 17.1. The lowest BCUT2D eigenvalue weighted by Crippen LogP contribution is -2.36. The lowest BCUT2D eigenvalue weighted by atomic mass is 10.1. The summed E-state index contributed by atoms with van der Waals surface area (Å²) in [6.07, 6.45) is 1.92. The molecule has 1 amide bonds. The molecular formula is C21H24ClNO3S. The van der Waals surface area contributed by atoms with Gasteiger partial charge in [-0.1, -0.05) is 41.4 Å². The zero-order valence-electron chi connectivity index (χ0n) is 15.6. The van der Waals surface area contributed by atoms with Gasteiger partial charge < -0.3 is 4.90 Å². The molecule has 27 heavy (non-hydrogen) atoms. The van der Waals surface area contributed by atoms with Gasteiger partial charge in [-0.15, -0.1) is 0 Å². The fourth-order valence-electron chi connectivity index (χ4n) is 3.20. The van der Waals surface area contributed by atoms with E-state index in [1.807, 2.05) is 43.0 Å². The molecule has 0 N–H and O–H groups in total. The highest BCUT2D eigenvalue weighted by Crippen LogP contribution is 2.35. The summed E-state index contributed by atoms with van der Waals surface area (Å²) in [7, 11) is -3.47. The van der Waals surface area contributed by atoms with E-state index in [1.165, 1.54) is 0 Å². The van der Waals surface area contributed by atoms with Gasteiger partial charge in [0.05, 0.1) is 16.7 Å². The van der Waals surface area contributed by atoms with Gasteiger partial charge in [0.15, 0.2) is 9.84 Å². The Kier molecular flexibility index (Phi) is 5.92. The number of hydrogen-bond donors (Lipinski definition) is 0. The van der Waals surface area contributed by atoms with Crippen molar-refractivity contribution in [1.82, 2.24) is 4.90 Å². The first-order valence-corrected chi connectivity index (χ1v) is 11.2. The Labute approximate surface area is 166 Å². The number of aryl methyl sites for hydroxylation is 1. The van der Waals surface area contributed by atoms with Crippen LogP contribution in [0.25, 0.3) is 0 Å². The Balaban J connectivity index is 1.70. The van der Waals surface area contributed by atoms with Crippen molar-refractivity contribution in [1.29, 1.82) is 0 Å². The third-order valence-corrected chi connectivity index (χ3v) is 6.95. The first kappa shape index (κ1) is 19.9. The summed E-state index contributed by atoms with van der Waals surface area (Å²) in [6.45, 7) is 3.89. The maximum absolute atomic E-state index is 12.9. The molecule has 1 atom stereocenters. The van der Waals surface area contributed by atoms with Crippen LogP contribution in [0.5, 0.6) is 0 Å². The highest BCUT2D eigenvalue weighted by Gasteiger charge is 2.36. The lowest BCUT2D eigenvalue weighted by molar-refractivity contribution is -0.133. The first-order valence-electron chi connectivity index (χ1n) is 9.14. The van der Waals surface area contributed by atoms with E-state index in [1.54, 1.807) is 24.3 Å². The van der Waals surface area contributed by atoms with Crippen LogP contribution in [0.15, 0.2) is 53.4 Å². The summed E-state index contributed by atoms with van der Waals surface area (Å²) in [5.74, 6) is -0.290. The monoisotopic (exact) mass is 405 g/mol. The van der Waals surface area contributed by atoms with Gasteiger partial charge in [0.2, 0.25) is 5.91 Å². The molecule has 1 aliphatic rings.